The molecule has 0 radical (unpaired) electrons. The van der Waals surface area contributed by atoms with E-state index in [0.717, 1.165) is 0 Å². The van der Waals surface area contributed by atoms with Crippen molar-refractivity contribution in [3.05, 3.63) is 0 Å². The Hall–Kier alpha value is -0.610. The Morgan fingerprint density at radius 1 is 1.36 bits per heavy atom. The zero-order valence-electron chi connectivity index (χ0n) is 9.59. The van der Waals surface area contributed by atoms with Crippen molar-refractivity contribution in [2.75, 3.05) is 26.7 Å². The predicted molar refractivity (Wildman–Crippen MR) is 57.2 cm³/mol. The minimum atomic E-state index is 0.00817. The fraction of sp³-hybridized carbons (Fsp3) is 0.900. The molecule has 84 valence electrons. The minimum Gasteiger partial charge on any atom is -0.377 e. The number of rotatable bonds is 7. The Bertz CT molecular complexity index is 162. The average Bonchev–Trinajstić information content (AvgIpc) is 2.15. The molecule has 2 unspecified atom stereocenters. The van der Waals surface area contributed by atoms with Gasteiger partial charge in [-0.25, -0.2) is 0 Å². The molecule has 0 aromatic rings. The maximum absolute atomic E-state index is 11.4. The first-order valence-corrected chi connectivity index (χ1v) is 5.15. The molecule has 0 bridgehead atoms. The van der Waals surface area contributed by atoms with Crippen LogP contribution < -0.4 is 10.6 Å². The maximum atomic E-state index is 11.4. The molecule has 0 fully saturated rings. The molecular formula is C10H22N2O2. The van der Waals surface area contributed by atoms with E-state index in [4.69, 9.17) is 4.74 Å². The van der Waals surface area contributed by atoms with Crippen LogP contribution in [-0.2, 0) is 9.53 Å². The summed E-state index contributed by atoms with van der Waals surface area (Å²) in [6.45, 7) is 7.77. The van der Waals surface area contributed by atoms with Crippen LogP contribution in [0.1, 0.15) is 20.8 Å². The van der Waals surface area contributed by atoms with Crippen LogP contribution in [0.2, 0.25) is 0 Å². The smallest absolute Gasteiger partial charge is 0.224 e. The molecule has 2 atom stereocenters. The summed E-state index contributed by atoms with van der Waals surface area (Å²) in [6.07, 6.45) is 0.0886. The minimum absolute atomic E-state index is 0.00817. The highest BCUT2D eigenvalue weighted by atomic mass is 16.5. The van der Waals surface area contributed by atoms with E-state index in [1.165, 1.54) is 0 Å². The number of hydrogen-bond acceptors (Lipinski definition) is 3. The van der Waals surface area contributed by atoms with Gasteiger partial charge in [0.15, 0.2) is 0 Å². The summed E-state index contributed by atoms with van der Waals surface area (Å²) < 4.78 is 5.30. The van der Waals surface area contributed by atoms with Crippen LogP contribution in [0.3, 0.4) is 0 Å². The van der Waals surface area contributed by atoms with E-state index >= 15 is 0 Å². The van der Waals surface area contributed by atoms with Crippen molar-refractivity contribution in [2.45, 2.75) is 26.9 Å². The van der Waals surface area contributed by atoms with Crippen LogP contribution >= 0.6 is 0 Å². The molecule has 0 aliphatic carbocycles. The Morgan fingerprint density at radius 2 is 2.00 bits per heavy atom. The van der Waals surface area contributed by atoms with Crippen LogP contribution in [0.25, 0.3) is 0 Å². The van der Waals surface area contributed by atoms with Gasteiger partial charge >= 0.3 is 0 Å². The van der Waals surface area contributed by atoms with Crippen LogP contribution in [0, 0.1) is 5.92 Å². The van der Waals surface area contributed by atoms with Crippen molar-refractivity contribution in [3.63, 3.8) is 0 Å². The molecule has 0 heterocycles. The van der Waals surface area contributed by atoms with Crippen molar-refractivity contribution in [2.24, 2.45) is 5.92 Å². The number of carbonyl (C=O) groups is 1. The highest BCUT2D eigenvalue weighted by molar-refractivity contribution is 5.78. The zero-order chi connectivity index (χ0) is 11.0. The van der Waals surface area contributed by atoms with Gasteiger partial charge in [0.2, 0.25) is 5.91 Å². The second-order valence-corrected chi connectivity index (χ2v) is 3.47. The number of carbonyl (C=O) groups excluding carboxylic acids is 1. The summed E-state index contributed by atoms with van der Waals surface area (Å²) in [4.78, 5) is 11.4. The first kappa shape index (κ1) is 13.4. The lowest BCUT2D eigenvalue weighted by Crippen LogP contribution is -2.38. The van der Waals surface area contributed by atoms with E-state index in [-0.39, 0.29) is 17.9 Å². The zero-order valence-corrected chi connectivity index (χ0v) is 9.59. The van der Waals surface area contributed by atoms with E-state index in [0.29, 0.717) is 19.7 Å². The van der Waals surface area contributed by atoms with Crippen molar-refractivity contribution < 1.29 is 9.53 Å². The van der Waals surface area contributed by atoms with Gasteiger partial charge in [-0.1, -0.05) is 6.92 Å². The molecule has 0 aromatic heterocycles. The van der Waals surface area contributed by atoms with Gasteiger partial charge in [0, 0.05) is 25.6 Å². The molecule has 4 nitrogen and oxygen atoms in total. The van der Waals surface area contributed by atoms with Crippen molar-refractivity contribution in [3.8, 4) is 0 Å². The first-order chi connectivity index (χ1) is 6.61. The van der Waals surface area contributed by atoms with Gasteiger partial charge in [-0.3, -0.25) is 4.79 Å². The summed E-state index contributed by atoms with van der Waals surface area (Å²) in [5.74, 6) is 0.0831. The van der Waals surface area contributed by atoms with Crippen LogP contribution in [0.15, 0.2) is 0 Å². The fourth-order valence-corrected chi connectivity index (χ4v) is 1.16. The molecule has 2 N–H and O–H groups in total. The summed E-state index contributed by atoms with van der Waals surface area (Å²) in [6, 6.07) is 0. The first-order valence-electron chi connectivity index (χ1n) is 5.15. The van der Waals surface area contributed by atoms with Crippen molar-refractivity contribution >= 4 is 5.91 Å². The van der Waals surface area contributed by atoms with Gasteiger partial charge in [-0.15, -0.1) is 0 Å². The third-order valence-corrected chi connectivity index (χ3v) is 1.97. The molecule has 4 heteroatoms. The monoisotopic (exact) mass is 202 g/mol. The Balaban J connectivity index is 3.61. The van der Waals surface area contributed by atoms with E-state index in [2.05, 4.69) is 10.6 Å². The van der Waals surface area contributed by atoms with E-state index < -0.39 is 0 Å². The molecule has 0 aliphatic heterocycles. The van der Waals surface area contributed by atoms with Gasteiger partial charge in [-0.2, -0.15) is 0 Å². The number of ether oxygens (including phenoxy) is 1. The molecule has 14 heavy (non-hydrogen) atoms. The lowest BCUT2D eigenvalue weighted by atomic mass is 10.1. The van der Waals surface area contributed by atoms with Gasteiger partial charge < -0.3 is 15.4 Å². The van der Waals surface area contributed by atoms with Gasteiger partial charge in [0.05, 0.1) is 6.10 Å². The van der Waals surface area contributed by atoms with Crippen LogP contribution in [0.5, 0.6) is 0 Å². The number of nitrogens with one attached hydrogen (secondary N) is 2. The number of hydrogen-bond donors (Lipinski definition) is 2. The molecule has 0 saturated carbocycles. The molecule has 0 saturated heterocycles. The molecule has 0 aliphatic rings. The molecule has 0 spiro atoms. The summed E-state index contributed by atoms with van der Waals surface area (Å²) in [7, 11) is 1.84. The lowest BCUT2D eigenvalue weighted by molar-refractivity contribution is -0.124. The average molecular weight is 202 g/mol. The maximum Gasteiger partial charge on any atom is 0.224 e. The summed E-state index contributed by atoms with van der Waals surface area (Å²) in [5.41, 5.74) is 0. The van der Waals surface area contributed by atoms with Gasteiger partial charge in [-0.05, 0) is 20.9 Å². The fourth-order valence-electron chi connectivity index (χ4n) is 1.16. The second-order valence-electron chi connectivity index (χ2n) is 3.47. The number of amides is 1. The van der Waals surface area contributed by atoms with Crippen molar-refractivity contribution in [1.82, 2.24) is 10.6 Å². The largest absolute Gasteiger partial charge is 0.377 e. The Labute approximate surface area is 86.4 Å². The summed E-state index contributed by atoms with van der Waals surface area (Å²) in [5, 5.41) is 5.82. The third kappa shape index (κ3) is 5.94. The molecular weight excluding hydrogens is 180 g/mol. The highest BCUT2D eigenvalue weighted by Gasteiger charge is 2.12. The topological polar surface area (TPSA) is 50.4 Å². The van der Waals surface area contributed by atoms with E-state index in [9.17, 15) is 4.79 Å². The SMILES string of the molecule is CCOC(C)CNC(=O)C(C)CNC. The summed E-state index contributed by atoms with van der Waals surface area (Å²) >= 11 is 0. The highest BCUT2D eigenvalue weighted by Crippen LogP contribution is 1.93. The molecule has 0 aromatic carbocycles. The Morgan fingerprint density at radius 3 is 2.50 bits per heavy atom. The predicted octanol–water partition coefficient (Wildman–Crippen LogP) is 0.383. The second kappa shape index (κ2) is 7.76. The third-order valence-electron chi connectivity index (χ3n) is 1.97. The van der Waals surface area contributed by atoms with Crippen LogP contribution in [0.4, 0.5) is 0 Å². The van der Waals surface area contributed by atoms with Crippen LogP contribution in [-0.4, -0.2) is 38.8 Å². The van der Waals surface area contributed by atoms with Gasteiger partial charge in [0.1, 0.15) is 0 Å². The van der Waals surface area contributed by atoms with E-state index in [1.807, 2.05) is 27.8 Å². The van der Waals surface area contributed by atoms with E-state index in [1.54, 1.807) is 0 Å². The standard InChI is InChI=1S/C10H22N2O2/c1-5-14-9(3)7-12-10(13)8(2)6-11-4/h8-9,11H,5-7H2,1-4H3,(H,12,13). The molecule has 1 amide bonds. The van der Waals surface area contributed by atoms with Gasteiger partial charge in [0.25, 0.3) is 0 Å². The quantitative estimate of drug-likeness (QED) is 0.627. The molecule has 0 rings (SSSR count). The van der Waals surface area contributed by atoms with Crippen molar-refractivity contribution in [1.29, 1.82) is 0 Å². The lowest BCUT2D eigenvalue weighted by Gasteiger charge is -2.15. The Kier molecular flexibility index (Phi) is 7.42. The normalized spacial score (nSPS) is 14.9.